The summed E-state index contributed by atoms with van der Waals surface area (Å²) in [6, 6.07) is 3.81. The van der Waals surface area contributed by atoms with Crippen LogP contribution in [-0.2, 0) is 7.05 Å². The molecule has 0 spiro atoms. The average molecular weight is 261 g/mol. The summed E-state index contributed by atoms with van der Waals surface area (Å²) in [5.41, 5.74) is 9.13. The summed E-state index contributed by atoms with van der Waals surface area (Å²) in [5.74, 6) is 0.873. The third kappa shape index (κ3) is 2.33. The van der Waals surface area contributed by atoms with Crippen molar-refractivity contribution in [3.63, 3.8) is 0 Å². The second-order valence-corrected chi connectivity index (χ2v) is 4.54. The van der Waals surface area contributed by atoms with Crippen LogP contribution in [-0.4, -0.2) is 19.8 Å². The van der Waals surface area contributed by atoms with Gasteiger partial charge in [-0.2, -0.15) is 5.10 Å². The van der Waals surface area contributed by atoms with Crippen LogP contribution >= 0.6 is 12.2 Å². The quantitative estimate of drug-likeness (QED) is 0.825. The van der Waals surface area contributed by atoms with Gasteiger partial charge in [-0.05, 0) is 19.9 Å². The van der Waals surface area contributed by atoms with Gasteiger partial charge in [0.05, 0.1) is 17.4 Å². The van der Waals surface area contributed by atoms with Gasteiger partial charge in [0.2, 0.25) is 0 Å². The maximum absolute atomic E-state index is 5.76. The van der Waals surface area contributed by atoms with Crippen molar-refractivity contribution in [3.8, 4) is 0 Å². The van der Waals surface area contributed by atoms with Crippen molar-refractivity contribution in [2.45, 2.75) is 13.8 Å². The highest BCUT2D eigenvalue weighted by atomic mass is 32.1. The van der Waals surface area contributed by atoms with E-state index in [4.69, 9.17) is 18.0 Å². The molecular formula is C12H15N5S. The lowest BCUT2D eigenvalue weighted by Gasteiger charge is -2.14. The molecule has 0 aliphatic rings. The maximum Gasteiger partial charge on any atom is 0.128 e. The van der Waals surface area contributed by atoms with Gasteiger partial charge in [0.15, 0.2) is 0 Å². The Morgan fingerprint density at radius 3 is 2.72 bits per heavy atom. The third-order valence-corrected chi connectivity index (χ3v) is 2.86. The van der Waals surface area contributed by atoms with Crippen molar-refractivity contribution in [1.82, 2.24) is 14.8 Å². The Morgan fingerprint density at radius 2 is 2.17 bits per heavy atom. The van der Waals surface area contributed by atoms with Gasteiger partial charge in [-0.25, -0.2) is 0 Å². The van der Waals surface area contributed by atoms with Crippen LogP contribution in [0.15, 0.2) is 18.3 Å². The fourth-order valence-electron chi connectivity index (χ4n) is 1.87. The molecule has 3 N–H and O–H groups in total. The Kier molecular flexibility index (Phi) is 3.29. The lowest BCUT2D eigenvalue weighted by molar-refractivity contribution is 0.776. The zero-order valence-electron chi connectivity index (χ0n) is 10.6. The molecule has 2 heterocycles. The monoisotopic (exact) mass is 261 g/mol. The number of nitrogens with zero attached hydrogens (tertiary/aromatic N) is 3. The highest BCUT2D eigenvalue weighted by molar-refractivity contribution is 7.80. The smallest absolute Gasteiger partial charge is 0.128 e. The number of aryl methyl sites for hydroxylation is 3. The van der Waals surface area contributed by atoms with Gasteiger partial charge < -0.3 is 11.1 Å². The Balaban J connectivity index is 2.49. The minimum Gasteiger partial charge on any atom is -0.389 e. The first-order valence-electron chi connectivity index (χ1n) is 5.52. The van der Waals surface area contributed by atoms with Crippen LogP contribution in [0.4, 0.5) is 11.5 Å². The normalized spacial score (nSPS) is 10.4. The van der Waals surface area contributed by atoms with Crippen LogP contribution in [0.2, 0.25) is 0 Å². The molecule has 6 heteroatoms. The Hall–Kier alpha value is -1.95. The second kappa shape index (κ2) is 4.73. The summed E-state index contributed by atoms with van der Waals surface area (Å²) in [7, 11) is 1.86. The van der Waals surface area contributed by atoms with E-state index < -0.39 is 0 Å². The van der Waals surface area contributed by atoms with Crippen molar-refractivity contribution in [1.29, 1.82) is 0 Å². The van der Waals surface area contributed by atoms with Crippen LogP contribution in [0.1, 0.15) is 17.0 Å². The summed E-state index contributed by atoms with van der Waals surface area (Å²) in [4.78, 5) is 4.71. The second-order valence-electron chi connectivity index (χ2n) is 4.10. The first-order chi connectivity index (χ1) is 8.49. The molecule has 0 saturated carbocycles. The predicted molar refractivity (Wildman–Crippen MR) is 76.1 cm³/mol. The standard InChI is InChI=1S/C12H15N5S/c1-7-6-9(11(12(13)18)8(2)15-7)16-10-4-5-14-17(10)3/h4-6H,1-3H3,(H2,13,18)(H,15,16). The molecule has 0 saturated heterocycles. The van der Waals surface area contributed by atoms with E-state index in [1.807, 2.05) is 33.0 Å². The number of rotatable bonds is 3. The first kappa shape index (κ1) is 12.5. The molecule has 2 aromatic heterocycles. The number of nitrogens with two attached hydrogens (primary N) is 1. The molecule has 0 bridgehead atoms. The number of nitrogens with one attached hydrogen (secondary N) is 1. The molecule has 0 radical (unpaired) electrons. The van der Waals surface area contributed by atoms with Crippen molar-refractivity contribution >= 4 is 28.7 Å². The molecule has 94 valence electrons. The Labute approximate surface area is 111 Å². The predicted octanol–water partition coefficient (Wildman–Crippen LogP) is 1.81. The SMILES string of the molecule is Cc1cc(Nc2ccnn2C)c(C(N)=S)c(C)n1. The number of pyridine rings is 1. The number of thiocarbonyl (C=S) groups is 1. The molecule has 18 heavy (non-hydrogen) atoms. The van der Waals surface area contributed by atoms with Crippen LogP contribution in [0.25, 0.3) is 0 Å². The van der Waals surface area contributed by atoms with E-state index in [-0.39, 0.29) is 0 Å². The van der Waals surface area contributed by atoms with Crippen molar-refractivity contribution in [2.24, 2.45) is 12.8 Å². The van der Waals surface area contributed by atoms with Gasteiger partial charge in [0, 0.05) is 24.5 Å². The zero-order valence-corrected chi connectivity index (χ0v) is 11.4. The fraction of sp³-hybridized carbons (Fsp3) is 0.250. The molecule has 2 rings (SSSR count). The fourth-order valence-corrected chi connectivity index (χ4v) is 2.13. The number of hydrogen-bond donors (Lipinski definition) is 2. The van der Waals surface area contributed by atoms with E-state index in [1.54, 1.807) is 10.9 Å². The first-order valence-corrected chi connectivity index (χ1v) is 5.93. The van der Waals surface area contributed by atoms with Gasteiger partial charge in [-0.1, -0.05) is 12.2 Å². The molecule has 0 unspecified atom stereocenters. The molecule has 0 atom stereocenters. The van der Waals surface area contributed by atoms with Crippen molar-refractivity contribution < 1.29 is 0 Å². The topological polar surface area (TPSA) is 68.8 Å². The van der Waals surface area contributed by atoms with Crippen LogP contribution in [0.3, 0.4) is 0 Å². The van der Waals surface area contributed by atoms with Gasteiger partial charge in [0.25, 0.3) is 0 Å². The molecule has 0 aliphatic heterocycles. The van der Waals surface area contributed by atoms with Gasteiger partial charge >= 0.3 is 0 Å². The summed E-state index contributed by atoms with van der Waals surface area (Å²) in [6.07, 6.45) is 1.73. The largest absolute Gasteiger partial charge is 0.389 e. The van der Waals surface area contributed by atoms with Crippen LogP contribution in [0.5, 0.6) is 0 Å². The van der Waals surface area contributed by atoms with E-state index in [2.05, 4.69) is 15.4 Å². The highest BCUT2D eigenvalue weighted by Gasteiger charge is 2.12. The third-order valence-electron chi connectivity index (χ3n) is 2.66. The molecule has 0 aromatic carbocycles. The zero-order chi connectivity index (χ0) is 13.3. The molecular weight excluding hydrogens is 246 g/mol. The lowest BCUT2D eigenvalue weighted by Crippen LogP contribution is -2.16. The summed E-state index contributed by atoms with van der Waals surface area (Å²) < 4.78 is 1.74. The van der Waals surface area contributed by atoms with Gasteiger partial charge in [0.1, 0.15) is 10.8 Å². The summed E-state index contributed by atoms with van der Waals surface area (Å²) >= 11 is 5.08. The number of hydrogen-bond acceptors (Lipinski definition) is 4. The number of anilines is 2. The van der Waals surface area contributed by atoms with Gasteiger partial charge in [-0.15, -0.1) is 0 Å². The highest BCUT2D eigenvalue weighted by Crippen LogP contribution is 2.23. The molecule has 0 aliphatic carbocycles. The van der Waals surface area contributed by atoms with E-state index in [0.717, 1.165) is 28.5 Å². The molecule has 0 fully saturated rings. The summed E-state index contributed by atoms with van der Waals surface area (Å²) in [6.45, 7) is 3.83. The lowest BCUT2D eigenvalue weighted by atomic mass is 10.1. The maximum atomic E-state index is 5.76. The van der Waals surface area contributed by atoms with E-state index in [0.29, 0.717) is 4.99 Å². The van der Waals surface area contributed by atoms with Crippen molar-refractivity contribution in [3.05, 3.63) is 35.3 Å². The van der Waals surface area contributed by atoms with Crippen LogP contribution in [0, 0.1) is 13.8 Å². The van der Waals surface area contributed by atoms with E-state index >= 15 is 0 Å². The van der Waals surface area contributed by atoms with E-state index in [1.165, 1.54) is 0 Å². The molecule has 2 aromatic rings. The van der Waals surface area contributed by atoms with Crippen molar-refractivity contribution in [2.75, 3.05) is 5.32 Å². The molecule has 0 amide bonds. The van der Waals surface area contributed by atoms with E-state index in [9.17, 15) is 0 Å². The average Bonchev–Trinajstić information content (AvgIpc) is 2.62. The van der Waals surface area contributed by atoms with Gasteiger partial charge in [-0.3, -0.25) is 9.67 Å². The van der Waals surface area contributed by atoms with Crippen LogP contribution < -0.4 is 11.1 Å². The Morgan fingerprint density at radius 1 is 1.44 bits per heavy atom. The summed E-state index contributed by atoms with van der Waals surface area (Å²) in [5, 5.41) is 7.38. The number of aromatic nitrogens is 3. The minimum atomic E-state index is 0.338. The minimum absolute atomic E-state index is 0.338. The molecule has 5 nitrogen and oxygen atoms in total. The Bertz CT molecular complexity index is 603.